The van der Waals surface area contributed by atoms with Crippen LogP contribution >= 0.6 is 11.3 Å². The second-order valence-electron chi connectivity index (χ2n) is 2.99. The van der Waals surface area contributed by atoms with Crippen molar-refractivity contribution < 1.29 is 0 Å². The summed E-state index contributed by atoms with van der Waals surface area (Å²) in [4.78, 5) is 26.1. The van der Waals surface area contributed by atoms with Crippen molar-refractivity contribution in [3.05, 3.63) is 34.2 Å². The number of nitrogens with one attached hydrogen (secondary N) is 2. The van der Waals surface area contributed by atoms with Gasteiger partial charge in [-0.05, 0) is 11.4 Å². The van der Waals surface area contributed by atoms with Crippen LogP contribution in [0.5, 0.6) is 0 Å². The molecule has 0 bridgehead atoms. The molecule has 3 heterocycles. The Hall–Kier alpha value is -1.95. The van der Waals surface area contributed by atoms with Gasteiger partial charge in [0, 0.05) is 0 Å². The van der Waals surface area contributed by atoms with Gasteiger partial charge in [-0.3, -0.25) is 4.79 Å². The summed E-state index contributed by atoms with van der Waals surface area (Å²) in [6.07, 6.45) is 1.35. The van der Waals surface area contributed by atoms with Crippen LogP contribution in [-0.4, -0.2) is 19.9 Å². The lowest BCUT2D eigenvalue weighted by molar-refractivity contribution is 1.15. The van der Waals surface area contributed by atoms with E-state index in [1.165, 1.54) is 6.33 Å². The molecule has 0 radical (unpaired) electrons. The van der Waals surface area contributed by atoms with Gasteiger partial charge in [-0.15, -0.1) is 11.3 Å². The van der Waals surface area contributed by atoms with Crippen molar-refractivity contribution in [3.63, 3.8) is 0 Å². The average molecular weight is 218 g/mol. The molecule has 2 N–H and O–H groups in total. The van der Waals surface area contributed by atoms with Gasteiger partial charge in [0.15, 0.2) is 17.0 Å². The summed E-state index contributed by atoms with van der Waals surface area (Å²) in [7, 11) is 0. The second kappa shape index (κ2) is 3.03. The second-order valence-corrected chi connectivity index (χ2v) is 3.94. The number of rotatable bonds is 1. The molecule has 0 saturated carbocycles. The minimum absolute atomic E-state index is 0.199. The van der Waals surface area contributed by atoms with Crippen LogP contribution in [0.4, 0.5) is 0 Å². The molecule has 6 heteroatoms. The molecule has 0 aliphatic heterocycles. The molecule has 5 nitrogen and oxygen atoms in total. The summed E-state index contributed by atoms with van der Waals surface area (Å²) < 4.78 is 0. The highest BCUT2D eigenvalue weighted by Gasteiger charge is 2.08. The zero-order valence-electron chi connectivity index (χ0n) is 7.52. The van der Waals surface area contributed by atoms with Crippen molar-refractivity contribution in [1.29, 1.82) is 0 Å². The molecule has 15 heavy (non-hydrogen) atoms. The van der Waals surface area contributed by atoms with Crippen LogP contribution in [0.1, 0.15) is 0 Å². The van der Waals surface area contributed by atoms with E-state index in [-0.39, 0.29) is 5.56 Å². The van der Waals surface area contributed by atoms with Crippen molar-refractivity contribution >= 4 is 22.5 Å². The largest absolute Gasteiger partial charge is 0.331 e. The summed E-state index contributed by atoms with van der Waals surface area (Å²) in [5.41, 5.74) is 0.665. The molecule has 3 aromatic rings. The van der Waals surface area contributed by atoms with Gasteiger partial charge in [-0.2, -0.15) is 0 Å². The Morgan fingerprint density at radius 3 is 3.07 bits per heavy atom. The molecule has 0 spiro atoms. The van der Waals surface area contributed by atoms with E-state index in [0.29, 0.717) is 17.0 Å². The summed E-state index contributed by atoms with van der Waals surface area (Å²) >= 11 is 1.56. The molecule has 3 rings (SSSR count). The first-order valence-corrected chi connectivity index (χ1v) is 5.20. The first-order chi connectivity index (χ1) is 7.34. The van der Waals surface area contributed by atoms with Crippen LogP contribution in [0.3, 0.4) is 0 Å². The Labute approximate surface area is 87.8 Å². The predicted octanol–water partition coefficient (Wildman–Crippen LogP) is 1.37. The van der Waals surface area contributed by atoms with Crippen LogP contribution in [0, 0.1) is 0 Å². The van der Waals surface area contributed by atoms with Gasteiger partial charge in [-0.25, -0.2) is 9.97 Å². The molecule has 0 unspecified atom stereocenters. The summed E-state index contributed by atoms with van der Waals surface area (Å²) in [6.45, 7) is 0. The maximum atomic E-state index is 11.4. The van der Waals surface area contributed by atoms with Gasteiger partial charge in [0.2, 0.25) is 0 Å². The van der Waals surface area contributed by atoms with E-state index in [4.69, 9.17) is 0 Å². The molecule has 3 aromatic heterocycles. The number of hydrogen-bond donors (Lipinski definition) is 2. The number of thiophene rings is 1. The van der Waals surface area contributed by atoms with E-state index in [1.54, 1.807) is 11.3 Å². The fourth-order valence-electron chi connectivity index (χ4n) is 1.37. The fraction of sp³-hybridized carbons (Fsp3) is 0. The van der Waals surface area contributed by atoms with Crippen LogP contribution in [0.25, 0.3) is 21.9 Å². The molecular formula is C9H6N4OS. The van der Waals surface area contributed by atoms with E-state index in [2.05, 4.69) is 19.9 Å². The van der Waals surface area contributed by atoms with E-state index >= 15 is 0 Å². The van der Waals surface area contributed by atoms with Crippen molar-refractivity contribution in [2.24, 2.45) is 0 Å². The fourth-order valence-corrected chi connectivity index (χ4v) is 2.04. The zero-order chi connectivity index (χ0) is 10.3. The Morgan fingerprint density at radius 1 is 1.40 bits per heavy atom. The van der Waals surface area contributed by atoms with E-state index in [0.717, 1.165) is 4.88 Å². The third kappa shape index (κ3) is 1.26. The highest BCUT2D eigenvalue weighted by Crippen LogP contribution is 2.22. The zero-order valence-corrected chi connectivity index (χ0v) is 8.34. The third-order valence-corrected chi connectivity index (χ3v) is 2.93. The number of aromatic nitrogens is 4. The highest BCUT2D eigenvalue weighted by molar-refractivity contribution is 7.13. The van der Waals surface area contributed by atoms with Crippen molar-refractivity contribution in [1.82, 2.24) is 19.9 Å². The molecular weight excluding hydrogens is 212 g/mol. The lowest BCUT2D eigenvalue weighted by Crippen LogP contribution is -2.05. The first kappa shape index (κ1) is 8.37. The van der Waals surface area contributed by atoms with Gasteiger partial charge in [0.05, 0.1) is 11.2 Å². The van der Waals surface area contributed by atoms with Gasteiger partial charge in [0.25, 0.3) is 5.56 Å². The molecule has 0 fully saturated rings. The van der Waals surface area contributed by atoms with Gasteiger partial charge in [-0.1, -0.05) is 6.07 Å². The number of imidazole rings is 1. The van der Waals surface area contributed by atoms with E-state index in [1.807, 2.05) is 17.5 Å². The number of H-pyrrole nitrogens is 2. The monoisotopic (exact) mass is 218 g/mol. The topological polar surface area (TPSA) is 74.4 Å². The van der Waals surface area contributed by atoms with Crippen LogP contribution < -0.4 is 5.56 Å². The Bertz CT molecular complexity index is 652. The maximum Gasteiger partial charge on any atom is 0.276 e. The van der Waals surface area contributed by atoms with Gasteiger partial charge in [0.1, 0.15) is 0 Å². The third-order valence-electron chi connectivity index (χ3n) is 2.05. The minimum atomic E-state index is -0.199. The SMILES string of the molecule is O=c1[nH]cnc2nc(-c3cccs3)[nH]c12. The first-order valence-electron chi connectivity index (χ1n) is 4.32. The van der Waals surface area contributed by atoms with Crippen LogP contribution in [-0.2, 0) is 0 Å². The Kier molecular flexibility index (Phi) is 1.69. The Morgan fingerprint density at radius 2 is 2.33 bits per heavy atom. The van der Waals surface area contributed by atoms with Crippen molar-refractivity contribution in [3.8, 4) is 10.7 Å². The molecule has 0 saturated heterocycles. The van der Waals surface area contributed by atoms with Crippen LogP contribution in [0.2, 0.25) is 0 Å². The smallest absolute Gasteiger partial charge is 0.276 e. The Balaban J connectivity index is 2.32. The summed E-state index contributed by atoms with van der Waals surface area (Å²) in [5, 5.41) is 1.96. The average Bonchev–Trinajstić information content (AvgIpc) is 2.86. The maximum absolute atomic E-state index is 11.4. The molecule has 0 aliphatic rings. The lowest BCUT2D eigenvalue weighted by Gasteiger charge is -1.85. The van der Waals surface area contributed by atoms with Crippen molar-refractivity contribution in [2.75, 3.05) is 0 Å². The van der Waals surface area contributed by atoms with Crippen LogP contribution in [0.15, 0.2) is 28.6 Å². The highest BCUT2D eigenvalue weighted by atomic mass is 32.1. The number of aromatic amines is 2. The molecule has 0 atom stereocenters. The summed E-state index contributed by atoms with van der Waals surface area (Å²) in [6, 6.07) is 3.88. The van der Waals surface area contributed by atoms with E-state index in [9.17, 15) is 4.79 Å². The number of nitrogens with zero attached hydrogens (tertiary/aromatic N) is 2. The molecule has 0 aromatic carbocycles. The van der Waals surface area contributed by atoms with Crippen molar-refractivity contribution in [2.45, 2.75) is 0 Å². The lowest BCUT2D eigenvalue weighted by atomic mass is 10.4. The molecule has 74 valence electrons. The normalized spacial score (nSPS) is 10.9. The summed E-state index contributed by atoms with van der Waals surface area (Å²) in [5.74, 6) is 0.684. The van der Waals surface area contributed by atoms with Gasteiger partial charge < -0.3 is 9.97 Å². The van der Waals surface area contributed by atoms with E-state index < -0.39 is 0 Å². The predicted molar refractivity (Wildman–Crippen MR) is 57.8 cm³/mol. The minimum Gasteiger partial charge on any atom is -0.331 e. The molecule has 0 amide bonds. The quantitative estimate of drug-likeness (QED) is 0.647. The standard InChI is InChI=1S/C9H6N4OS/c14-9-6-8(10-4-11-9)13-7(12-6)5-2-1-3-15-5/h1-4H,(H2,10,11,12,13,14). The van der Waals surface area contributed by atoms with Gasteiger partial charge >= 0.3 is 0 Å². The number of hydrogen-bond acceptors (Lipinski definition) is 4. The number of fused-ring (bicyclic) bond motifs is 1. The molecule has 0 aliphatic carbocycles.